The van der Waals surface area contributed by atoms with Gasteiger partial charge in [-0.2, -0.15) is 0 Å². The molecule has 0 fully saturated rings. The number of hydrogen-bond donors (Lipinski definition) is 0. The van der Waals surface area contributed by atoms with Gasteiger partial charge in [0.1, 0.15) is 6.17 Å². The Morgan fingerprint density at radius 1 is 0.289 bits per heavy atom. The van der Waals surface area contributed by atoms with Crippen molar-refractivity contribution in [1.82, 2.24) is 9.80 Å². The van der Waals surface area contributed by atoms with Crippen LogP contribution in [0.25, 0.3) is 0 Å². The van der Waals surface area contributed by atoms with Crippen LogP contribution in [0.2, 0.25) is 0 Å². The van der Waals surface area contributed by atoms with Crippen LogP contribution in [0.3, 0.4) is 0 Å². The van der Waals surface area contributed by atoms with Gasteiger partial charge in [0.05, 0.1) is 0 Å². The highest BCUT2D eigenvalue weighted by Gasteiger charge is 2.24. The molecule has 0 aromatic rings. The molecular weight excluding hydrogens is 544 g/mol. The summed E-state index contributed by atoms with van der Waals surface area (Å²) in [4.78, 5) is 5.37. The third kappa shape index (κ3) is 27.0. The molecule has 1 aliphatic heterocycles. The van der Waals surface area contributed by atoms with Gasteiger partial charge < -0.3 is 9.80 Å². The monoisotopic (exact) mass is 631 g/mol. The van der Waals surface area contributed by atoms with Crippen molar-refractivity contribution >= 4 is 0 Å². The van der Waals surface area contributed by atoms with Crippen LogP contribution in [0.4, 0.5) is 0 Å². The van der Waals surface area contributed by atoms with E-state index in [0.29, 0.717) is 6.17 Å². The number of hydrogen-bond acceptors (Lipinski definition) is 2. The van der Waals surface area contributed by atoms with Crippen LogP contribution in [0.5, 0.6) is 0 Å². The minimum absolute atomic E-state index is 0.638. The first kappa shape index (κ1) is 42.4. The highest BCUT2D eigenvalue weighted by molar-refractivity contribution is 4.96. The van der Waals surface area contributed by atoms with E-state index in [1.54, 1.807) is 0 Å². The van der Waals surface area contributed by atoms with Gasteiger partial charge in [-0.3, -0.25) is 0 Å². The maximum atomic E-state index is 2.70. The van der Waals surface area contributed by atoms with E-state index in [1.165, 1.54) is 238 Å². The van der Waals surface area contributed by atoms with Gasteiger partial charge in [0.2, 0.25) is 0 Å². The molecule has 2 heteroatoms. The topological polar surface area (TPSA) is 6.48 Å². The third-order valence-corrected chi connectivity index (χ3v) is 10.6. The van der Waals surface area contributed by atoms with Gasteiger partial charge in [-0.25, -0.2) is 0 Å². The van der Waals surface area contributed by atoms with Gasteiger partial charge in [0, 0.05) is 25.5 Å². The van der Waals surface area contributed by atoms with E-state index in [-0.39, 0.29) is 0 Å². The fraction of sp³-hybridized carbons (Fsp3) is 0.953. The normalized spacial score (nSPS) is 14.8. The molecule has 0 aromatic heterocycles. The molecule has 0 spiro atoms. The van der Waals surface area contributed by atoms with E-state index in [9.17, 15) is 0 Å². The highest BCUT2D eigenvalue weighted by atomic mass is 15.4. The molecule has 0 bridgehead atoms. The van der Waals surface area contributed by atoms with Crippen LogP contribution in [-0.2, 0) is 0 Å². The Labute approximate surface area is 286 Å². The second kappa shape index (κ2) is 34.7. The van der Waals surface area contributed by atoms with Crippen molar-refractivity contribution in [3.63, 3.8) is 0 Å². The summed E-state index contributed by atoms with van der Waals surface area (Å²) in [5.41, 5.74) is 0. The van der Waals surface area contributed by atoms with Crippen LogP contribution in [0.1, 0.15) is 245 Å². The quantitative estimate of drug-likeness (QED) is 0.0630. The summed E-state index contributed by atoms with van der Waals surface area (Å²) >= 11 is 0. The van der Waals surface area contributed by atoms with E-state index in [0.717, 1.165) is 0 Å². The van der Waals surface area contributed by atoms with E-state index >= 15 is 0 Å². The zero-order valence-electron chi connectivity index (χ0n) is 31.8. The van der Waals surface area contributed by atoms with Crippen LogP contribution >= 0.6 is 0 Å². The van der Waals surface area contributed by atoms with Crippen molar-refractivity contribution in [2.75, 3.05) is 13.1 Å². The van der Waals surface area contributed by atoms with Gasteiger partial charge in [-0.15, -0.1) is 0 Å². The lowest BCUT2D eigenvalue weighted by molar-refractivity contribution is 0.136. The lowest BCUT2D eigenvalue weighted by Crippen LogP contribution is -2.39. The predicted molar refractivity (Wildman–Crippen MR) is 205 cm³/mol. The minimum Gasteiger partial charge on any atom is -0.356 e. The van der Waals surface area contributed by atoms with E-state index in [1.807, 2.05) is 0 Å². The van der Waals surface area contributed by atoms with Crippen molar-refractivity contribution in [2.45, 2.75) is 252 Å². The molecule has 268 valence electrons. The van der Waals surface area contributed by atoms with Crippen molar-refractivity contribution in [3.8, 4) is 0 Å². The Hall–Kier alpha value is -0.660. The zero-order chi connectivity index (χ0) is 32.3. The molecule has 0 saturated heterocycles. The molecule has 0 N–H and O–H groups in total. The Bertz CT molecular complexity index is 586. The molecule has 0 radical (unpaired) electrons. The molecule has 0 aromatic carbocycles. The summed E-state index contributed by atoms with van der Waals surface area (Å²) in [7, 11) is 0. The standard InChI is InChI=1S/C43H86N2/c1-4-7-10-12-14-16-18-20-22-23-24-26-28-30-32-34-36-38-43-44(39-9-6-3)41-42-45(43)40-37-35-33-31-29-27-25-21-19-17-15-13-11-8-5-2/h41-43H,4-40H2,1-3H3. The highest BCUT2D eigenvalue weighted by Crippen LogP contribution is 2.24. The molecule has 1 unspecified atom stereocenters. The first-order valence-electron chi connectivity index (χ1n) is 21.5. The molecular formula is C43H86N2. The maximum Gasteiger partial charge on any atom is 0.101 e. The summed E-state index contributed by atoms with van der Waals surface area (Å²) in [6, 6.07) is 0. The summed E-state index contributed by atoms with van der Waals surface area (Å²) in [6.07, 6.45) is 56.0. The third-order valence-electron chi connectivity index (χ3n) is 10.6. The molecule has 1 aliphatic rings. The van der Waals surface area contributed by atoms with Gasteiger partial charge in [-0.1, -0.05) is 220 Å². The summed E-state index contributed by atoms with van der Waals surface area (Å²) < 4.78 is 0. The van der Waals surface area contributed by atoms with Gasteiger partial charge in [0.25, 0.3) is 0 Å². The Balaban J connectivity index is 1.99. The average molecular weight is 631 g/mol. The molecule has 0 amide bonds. The second-order valence-electron chi connectivity index (χ2n) is 15.0. The van der Waals surface area contributed by atoms with E-state index in [4.69, 9.17) is 0 Å². The van der Waals surface area contributed by atoms with Crippen molar-refractivity contribution in [1.29, 1.82) is 0 Å². The van der Waals surface area contributed by atoms with Crippen LogP contribution in [-0.4, -0.2) is 29.1 Å². The SMILES string of the molecule is CCCCCCCCCCCCCCCCCCCC1N(CCCC)C=CN1CCCCCCCCCCCCCCCCC. The van der Waals surface area contributed by atoms with Crippen molar-refractivity contribution in [2.24, 2.45) is 0 Å². The Kier molecular flexibility index (Phi) is 32.6. The lowest BCUT2D eigenvalue weighted by atomic mass is 10.0. The average Bonchev–Trinajstić information content (AvgIpc) is 3.44. The molecule has 2 nitrogen and oxygen atoms in total. The van der Waals surface area contributed by atoms with Gasteiger partial charge >= 0.3 is 0 Å². The summed E-state index contributed by atoms with van der Waals surface area (Å²) in [6.45, 7) is 9.46. The summed E-state index contributed by atoms with van der Waals surface area (Å²) in [5, 5.41) is 0. The summed E-state index contributed by atoms with van der Waals surface area (Å²) in [5.74, 6) is 0. The predicted octanol–water partition coefficient (Wildman–Crippen LogP) is 15.1. The van der Waals surface area contributed by atoms with Crippen LogP contribution in [0, 0.1) is 0 Å². The Morgan fingerprint density at radius 3 is 0.844 bits per heavy atom. The largest absolute Gasteiger partial charge is 0.356 e. The first-order valence-corrected chi connectivity index (χ1v) is 21.5. The van der Waals surface area contributed by atoms with E-state index in [2.05, 4.69) is 43.0 Å². The maximum absolute atomic E-state index is 2.70. The lowest BCUT2D eigenvalue weighted by Gasteiger charge is -2.33. The molecule has 45 heavy (non-hydrogen) atoms. The minimum atomic E-state index is 0.638. The fourth-order valence-electron chi connectivity index (χ4n) is 7.40. The fourth-order valence-corrected chi connectivity index (χ4v) is 7.40. The van der Waals surface area contributed by atoms with Gasteiger partial charge in [-0.05, 0) is 25.7 Å². The smallest absolute Gasteiger partial charge is 0.101 e. The Morgan fingerprint density at radius 2 is 0.533 bits per heavy atom. The van der Waals surface area contributed by atoms with Gasteiger partial charge in [0.15, 0.2) is 0 Å². The zero-order valence-corrected chi connectivity index (χ0v) is 31.8. The molecule has 1 atom stereocenters. The number of nitrogens with zero attached hydrogens (tertiary/aromatic N) is 2. The van der Waals surface area contributed by atoms with Crippen LogP contribution in [0.15, 0.2) is 12.4 Å². The molecule has 1 rings (SSSR count). The first-order chi connectivity index (χ1) is 22.3. The van der Waals surface area contributed by atoms with Crippen molar-refractivity contribution in [3.05, 3.63) is 12.4 Å². The number of rotatable bonds is 37. The van der Waals surface area contributed by atoms with Crippen LogP contribution < -0.4 is 0 Å². The number of unbranched alkanes of at least 4 members (excludes halogenated alkanes) is 31. The molecule has 1 heterocycles. The van der Waals surface area contributed by atoms with E-state index < -0.39 is 0 Å². The molecule has 0 saturated carbocycles. The molecule has 0 aliphatic carbocycles. The second-order valence-corrected chi connectivity index (χ2v) is 15.0. The van der Waals surface area contributed by atoms with Crippen molar-refractivity contribution < 1.29 is 0 Å².